The van der Waals surface area contributed by atoms with Gasteiger partial charge in [-0.2, -0.15) is 0 Å². The van der Waals surface area contributed by atoms with E-state index in [4.69, 9.17) is 11.6 Å². The number of hydrogen-bond acceptors (Lipinski definition) is 4. The van der Waals surface area contributed by atoms with Crippen LogP contribution in [0.5, 0.6) is 0 Å². The molecule has 0 saturated heterocycles. The van der Waals surface area contributed by atoms with E-state index in [1.807, 2.05) is 36.0 Å². The number of thioether (sulfide) groups is 1. The van der Waals surface area contributed by atoms with Crippen molar-refractivity contribution in [1.82, 2.24) is 9.97 Å². The van der Waals surface area contributed by atoms with Gasteiger partial charge in [0, 0.05) is 16.5 Å². The molecule has 0 aliphatic heterocycles. The second kappa shape index (κ2) is 6.56. The number of hydrogen-bond donors (Lipinski definition) is 2. The van der Waals surface area contributed by atoms with Crippen molar-refractivity contribution < 1.29 is 4.79 Å². The summed E-state index contributed by atoms with van der Waals surface area (Å²) in [4.78, 5) is 20.8. The van der Waals surface area contributed by atoms with Gasteiger partial charge in [0.05, 0.1) is 22.0 Å². The Morgan fingerprint density at radius 1 is 1.41 bits per heavy atom. The Morgan fingerprint density at radius 3 is 3.00 bits per heavy atom. The number of aromatic nitrogens is 2. The van der Waals surface area contributed by atoms with Crippen molar-refractivity contribution in [3.63, 3.8) is 0 Å². The fourth-order valence-corrected chi connectivity index (χ4v) is 3.26. The Balaban J connectivity index is 1.80. The van der Waals surface area contributed by atoms with Gasteiger partial charge in [-0.15, -0.1) is 23.1 Å². The number of benzene rings is 1. The number of carbonyl (C=O) groups excluding carboxylic acids is 1. The minimum absolute atomic E-state index is 0.256. The van der Waals surface area contributed by atoms with Gasteiger partial charge >= 0.3 is 0 Å². The Hall–Kier alpha value is -1.76. The summed E-state index contributed by atoms with van der Waals surface area (Å²) in [7, 11) is 0. The third-order valence-corrected chi connectivity index (χ3v) is 4.83. The van der Waals surface area contributed by atoms with Gasteiger partial charge < -0.3 is 4.98 Å². The molecule has 4 nitrogen and oxygen atoms in total. The number of H-pyrrole nitrogens is 1. The van der Waals surface area contributed by atoms with Crippen LogP contribution in [0.3, 0.4) is 0 Å². The van der Waals surface area contributed by atoms with Gasteiger partial charge in [-0.1, -0.05) is 11.6 Å². The lowest BCUT2D eigenvalue weighted by Crippen LogP contribution is -2.12. The van der Waals surface area contributed by atoms with Gasteiger partial charge in [-0.3, -0.25) is 10.1 Å². The zero-order valence-corrected chi connectivity index (χ0v) is 14.0. The molecule has 2 aromatic heterocycles. The third-order valence-electron chi connectivity index (χ3n) is 3.02. The lowest BCUT2D eigenvalue weighted by Gasteiger charge is -2.06. The Kier molecular flexibility index (Phi) is 4.52. The maximum atomic E-state index is 12.4. The van der Waals surface area contributed by atoms with Crippen LogP contribution in [0.1, 0.15) is 10.4 Å². The number of amides is 1. The maximum absolute atomic E-state index is 12.4. The van der Waals surface area contributed by atoms with E-state index >= 15 is 0 Å². The molecule has 22 heavy (non-hydrogen) atoms. The van der Waals surface area contributed by atoms with Crippen LogP contribution in [-0.4, -0.2) is 22.1 Å². The number of nitrogens with one attached hydrogen (secondary N) is 2. The number of rotatable bonds is 4. The number of halogens is 1. The monoisotopic (exact) mass is 349 g/mol. The van der Waals surface area contributed by atoms with E-state index in [1.165, 1.54) is 11.3 Å². The normalized spacial score (nSPS) is 10.6. The van der Waals surface area contributed by atoms with Crippen molar-refractivity contribution in [2.75, 3.05) is 11.6 Å². The van der Waals surface area contributed by atoms with Crippen LogP contribution in [-0.2, 0) is 0 Å². The standard InChI is InChI=1S/C15H12ClN3OS2/c1-21-9-4-5-11(16)10(7-9)14(20)19-15-18-13(8-22-15)12-3-2-6-17-12/h2-8,17H,1H3,(H,18,19,20). The van der Waals surface area contributed by atoms with E-state index in [9.17, 15) is 4.79 Å². The summed E-state index contributed by atoms with van der Waals surface area (Å²) in [5.74, 6) is -0.256. The van der Waals surface area contributed by atoms with Crippen LogP contribution in [0.2, 0.25) is 5.02 Å². The van der Waals surface area contributed by atoms with Crippen molar-refractivity contribution in [2.45, 2.75) is 4.90 Å². The predicted octanol–water partition coefficient (Wildman–Crippen LogP) is 4.77. The molecule has 0 unspecified atom stereocenters. The van der Waals surface area contributed by atoms with E-state index in [1.54, 1.807) is 23.9 Å². The zero-order chi connectivity index (χ0) is 15.5. The van der Waals surface area contributed by atoms with Gasteiger partial charge in [0.25, 0.3) is 5.91 Å². The average Bonchev–Trinajstić information content (AvgIpc) is 3.18. The van der Waals surface area contributed by atoms with Crippen LogP contribution in [0, 0.1) is 0 Å². The van der Waals surface area contributed by atoms with Gasteiger partial charge in [-0.05, 0) is 36.6 Å². The van der Waals surface area contributed by atoms with E-state index in [0.717, 1.165) is 16.3 Å². The Morgan fingerprint density at radius 2 is 2.27 bits per heavy atom. The van der Waals surface area contributed by atoms with Crippen LogP contribution >= 0.6 is 34.7 Å². The smallest absolute Gasteiger partial charge is 0.258 e. The zero-order valence-electron chi connectivity index (χ0n) is 11.6. The maximum Gasteiger partial charge on any atom is 0.258 e. The molecule has 0 atom stereocenters. The summed E-state index contributed by atoms with van der Waals surface area (Å²) in [6.45, 7) is 0. The quantitative estimate of drug-likeness (QED) is 0.667. The number of thiazole rings is 1. The van der Waals surface area contributed by atoms with Gasteiger partial charge in [0.2, 0.25) is 0 Å². The van der Waals surface area contributed by atoms with Crippen LogP contribution in [0.4, 0.5) is 5.13 Å². The van der Waals surface area contributed by atoms with E-state index < -0.39 is 0 Å². The molecule has 112 valence electrons. The minimum Gasteiger partial charge on any atom is -0.360 e. The Labute approximate surface area is 140 Å². The molecule has 3 aromatic rings. The van der Waals surface area contributed by atoms with Crippen molar-refractivity contribution >= 4 is 45.7 Å². The fourth-order valence-electron chi connectivity index (χ4n) is 1.91. The van der Waals surface area contributed by atoms with E-state index in [-0.39, 0.29) is 5.91 Å². The minimum atomic E-state index is -0.256. The average molecular weight is 350 g/mol. The molecule has 3 rings (SSSR count). The second-order valence-corrected chi connectivity index (χ2v) is 6.57. The molecule has 1 aromatic carbocycles. The van der Waals surface area contributed by atoms with Gasteiger partial charge in [-0.25, -0.2) is 4.98 Å². The number of nitrogens with zero attached hydrogens (tertiary/aromatic N) is 1. The van der Waals surface area contributed by atoms with Crippen molar-refractivity contribution in [1.29, 1.82) is 0 Å². The molecule has 1 amide bonds. The summed E-state index contributed by atoms with van der Waals surface area (Å²) < 4.78 is 0. The fraction of sp³-hybridized carbons (Fsp3) is 0.0667. The number of anilines is 1. The molecule has 7 heteroatoms. The summed E-state index contributed by atoms with van der Waals surface area (Å²) in [6, 6.07) is 9.23. The number of carbonyl (C=O) groups is 1. The first-order valence-corrected chi connectivity index (χ1v) is 8.90. The highest BCUT2D eigenvalue weighted by Gasteiger charge is 2.14. The second-order valence-electron chi connectivity index (χ2n) is 4.42. The van der Waals surface area contributed by atoms with Crippen LogP contribution < -0.4 is 5.32 Å². The van der Waals surface area contributed by atoms with Crippen LogP contribution in [0.15, 0.2) is 46.8 Å². The molecular weight excluding hydrogens is 338 g/mol. The molecule has 0 aliphatic rings. The van der Waals surface area contributed by atoms with Crippen LogP contribution in [0.25, 0.3) is 11.4 Å². The van der Waals surface area contributed by atoms with Gasteiger partial charge in [0.15, 0.2) is 5.13 Å². The molecule has 0 bridgehead atoms. The highest BCUT2D eigenvalue weighted by atomic mass is 35.5. The summed E-state index contributed by atoms with van der Waals surface area (Å²) >= 11 is 9.05. The molecular formula is C15H12ClN3OS2. The molecule has 2 heterocycles. The molecule has 0 aliphatic carbocycles. The first kappa shape index (κ1) is 15.1. The van der Waals surface area contributed by atoms with Crippen molar-refractivity contribution in [2.24, 2.45) is 0 Å². The first-order valence-electron chi connectivity index (χ1n) is 6.41. The Bertz CT molecular complexity index is 799. The SMILES string of the molecule is CSc1ccc(Cl)c(C(=O)Nc2nc(-c3ccc[nH]3)cs2)c1. The first-order chi connectivity index (χ1) is 10.7. The van der Waals surface area contributed by atoms with E-state index in [2.05, 4.69) is 15.3 Å². The molecule has 0 radical (unpaired) electrons. The number of aromatic amines is 1. The third kappa shape index (κ3) is 3.19. The molecule has 2 N–H and O–H groups in total. The summed E-state index contributed by atoms with van der Waals surface area (Å²) in [5, 5.41) is 5.65. The summed E-state index contributed by atoms with van der Waals surface area (Å²) in [6.07, 6.45) is 3.79. The van der Waals surface area contributed by atoms with Crippen molar-refractivity contribution in [3.05, 3.63) is 52.5 Å². The lowest BCUT2D eigenvalue weighted by molar-refractivity contribution is 0.102. The topological polar surface area (TPSA) is 57.8 Å². The van der Waals surface area contributed by atoms with E-state index in [0.29, 0.717) is 15.7 Å². The predicted molar refractivity (Wildman–Crippen MR) is 93.1 cm³/mol. The summed E-state index contributed by atoms with van der Waals surface area (Å²) in [5.41, 5.74) is 2.17. The lowest BCUT2D eigenvalue weighted by atomic mass is 10.2. The molecule has 0 spiro atoms. The van der Waals surface area contributed by atoms with Crippen molar-refractivity contribution in [3.8, 4) is 11.4 Å². The largest absolute Gasteiger partial charge is 0.360 e. The van der Waals surface area contributed by atoms with Gasteiger partial charge in [0.1, 0.15) is 0 Å². The molecule has 0 fully saturated rings. The highest BCUT2D eigenvalue weighted by Crippen LogP contribution is 2.26. The molecule has 0 saturated carbocycles. The highest BCUT2D eigenvalue weighted by molar-refractivity contribution is 7.98.